The van der Waals surface area contributed by atoms with E-state index in [-0.39, 0.29) is 0 Å². The molecule has 0 atom stereocenters. The van der Waals surface area contributed by atoms with Gasteiger partial charge in [0.25, 0.3) is 0 Å². The zero-order valence-corrected chi connectivity index (χ0v) is 16.7. The molecule has 0 aliphatic carbocycles. The molecule has 0 aliphatic rings. The fourth-order valence-corrected chi connectivity index (χ4v) is 3.18. The summed E-state index contributed by atoms with van der Waals surface area (Å²) in [5, 5.41) is 0.949. The van der Waals surface area contributed by atoms with E-state index in [1.165, 1.54) is 0 Å². The van der Waals surface area contributed by atoms with Crippen LogP contribution in [0.25, 0.3) is 11.0 Å². The molecule has 0 saturated carbocycles. The molecule has 0 amide bonds. The summed E-state index contributed by atoms with van der Waals surface area (Å²) < 4.78 is 11.3. The topological polar surface area (TPSA) is 67.5 Å². The molecule has 1 aromatic carbocycles. The van der Waals surface area contributed by atoms with E-state index in [1.54, 1.807) is 19.2 Å². The quantitative estimate of drug-likeness (QED) is 0.519. The highest BCUT2D eigenvalue weighted by atomic mass is 16.5. The van der Waals surface area contributed by atoms with Crippen LogP contribution in [0, 0.1) is 0 Å². The Balaban J connectivity index is 1.98. The second kappa shape index (κ2) is 9.26. The average molecular weight is 381 g/mol. The van der Waals surface area contributed by atoms with Crippen LogP contribution in [-0.4, -0.2) is 35.6 Å². The van der Waals surface area contributed by atoms with Crippen LogP contribution >= 0.6 is 0 Å². The SMILES string of the molecule is CCCN(CCC)c1ccc(C(=O)OCC)c(Oc2cnc3[nH]ccc3c2)c1. The molecule has 3 aromatic rings. The van der Waals surface area contributed by atoms with E-state index in [4.69, 9.17) is 9.47 Å². The lowest BCUT2D eigenvalue weighted by atomic mass is 10.1. The summed E-state index contributed by atoms with van der Waals surface area (Å²) in [6.45, 7) is 8.32. The molecular weight excluding hydrogens is 354 g/mol. The molecule has 148 valence electrons. The number of nitrogens with zero attached hydrogens (tertiary/aromatic N) is 2. The van der Waals surface area contributed by atoms with Gasteiger partial charge in [-0.05, 0) is 44.0 Å². The van der Waals surface area contributed by atoms with Crippen molar-refractivity contribution in [3.05, 3.63) is 48.3 Å². The number of carbonyl (C=O) groups excluding carboxylic acids is 1. The van der Waals surface area contributed by atoms with Crippen molar-refractivity contribution in [1.29, 1.82) is 0 Å². The molecular formula is C22H27N3O3. The minimum Gasteiger partial charge on any atom is -0.462 e. The molecule has 0 radical (unpaired) electrons. The van der Waals surface area contributed by atoms with Crippen molar-refractivity contribution in [2.24, 2.45) is 0 Å². The van der Waals surface area contributed by atoms with Gasteiger partial charge in [0.05, 0.1) is 12.8 Å². The summed E-state index contributed by atoms with van der Waals surface area (Å²) in [6, 6.07) is 9.48. The first-order chi connectivity index (χ1) is 13.7. The third-order valence-electron chi connectivity index (χ3n) is 4.42. The van der Waals surface area contributed by atoms with Crippen molar-refractivity contribution >= 4 is 22.7 Å². The molecule has 2 heterocycles. The van der Waals surface area contributed by atoms with Gasteiger partial charge in [-0.15, -0.1) is 0 Å². The number of anilines is 1. The number of benzene rings is 1. The number of esters is 1. The second-order valence-corrected chi connectivity index (χ2v) is 6.58. The molecule has 6 heteroatoms. The molecule has 0 spiro atoms. The summed E-state index contributed by atoms with van der Waals surface area (Å²) in [5.41, 5.74) is 2.24. The molecule has 6 nitrogen and oxygen atoms in total. The summed E-state index contributed by atoms with van der Waals surface area (Å²) in [5.74, 6) is 0.662. The lowest BCUT2D eigenvalue weighted by molar-refractivity contribution is 0.0523. The number of H-pyrrole nitrogens is 1. The van der Waals surface area contributed by atoms with E-state index in [0.717, 1.165) is 42.7 Å². The average Bonchev–Trinajstić information content (AvgIpc) is 3.16. The first kappa shape index (κ1) is 19.7. The summed E-state index contributed by atoms with van der Waals surface area (Å²) in [4.78, 5) is 22.1. The van der Waals surface area contributed by atoms with E-state index in [0.29, 0.717) is 23.7 Å². The second-order valence-electron chi connectivity index (χ2n) is 6.58. The van der Waals surface area contributed by atoms with E-state index in [1.807, 2.05) is 30.5 Å². The highest BCUT2D eigenvalue weighted by Gasteiger charge is 2.17. The summed E-state index contributed by atoms with van der Waals surface area (Å²) in [6.07, 6.45) is 5.57. The Morgan fingerprint density at radius 2 is 1.89 bits per heavy atom. The van der Waals surface area contributed by atoms with Gasteiger partial charge in [-0.25, -0.2) is 9.78 Å². The van der Waals surface area contributed by atoms with Crippen LogP contribution in [0.5, 0.6) is 11.5 Å². The number of nitrogens with one attached hydrogen (secondary N) is 1. The number of carbonyl (C=O) groups is 1. The number of hydrogen-bond donors (Lipinski definition) is 1. The fraction of sp³-hybridized carbons (Fsp3) is 0.364. The van der Waals surface area contributed by atoms with Crippen molar-refractivity contribution in [2.75, 3.05) is 24.6 Å². The predicted molar refractivity (Wildman–Crippen MR) is 111 cm³/mol. The van der Waals surface area contributed by atoms with Crippen LogP contribution in [0.2, 0.25) is 0 Å². The molecule has 0 aliphatic heterocycles. The minimum atomic E-state index is -0.391. The highest BCUT2D eigenvalue weighted by Crippen LogP contribution is 2.31. The lowest BCUT2D eigenvalue weighted by Gasteiger charge is -2.25. The minimum absolute atomic E-state index is 0.314. The number of ether oxygens (including phenoxy) is 2. The van der Waals surface area contributed by atoms with E-state index >= 15 is 0 Å². The number of aromatic amines is 1. The fourth-order valence-electron chi connectivity index (χ4n) is 3.18. The van der Waals surface area contributed by atoms with E-state index in [2.05, 4.69) is 28.7 Å². The lowest BCUT2D eigenvalue weighted by Crippen LogP contribution is -2.25. The molecule has 28 heavy (non-hydrogen) atoms. The zero-order valence-electron chi connectivity index (χ0n) is 16.7. The van der Waals surface area contributed by atoms with Crippen LogP contribution < -0.4 is 9.64 Å². The normalized spacial score (nSPS) is 10.8. The highest BCUT2D eigenvalue weighted by molar-refractivity contribution is 5.93. The van der Waals surface area contributed by atoms with E-state index < -0.39 is 5.97 Å². The monoisotopic (exact) mass is 381 g/mol. The molecule has 0 bridgehead atoms. The maximum Gasteiger partial charge on any atom is 0.341 e. The van der Waals surface area contributed by atoms with Crippen LogP contribution in [0.3, 0.4) is 0 Å². The van der Waals surface area contributed by atoms with Crippen LogP contribution in [0.15, 0.2) is 42.7 Å². The Bertz CT molecular complexity index is 930. The van der Waals surface area contributed by atoms with Gasteiger partial charge in [0.2, 0.25) is 0 Å². The Hall–Kier alpha value is -3.02. The molecule has 0 fully saturated rings. The van der Waals surface area contributed by atoms with Gasteiger partial charge in [-0.2, -0.15) is 0 Å². The van der Waals surface area contributed by atoms with Crippen molar-refractivity contribution in [2.45, 2.75) is 33.6 Å². The number of fused-ring (bicyclic) bond motifs is 1. The number of pyridine rings is 1. The first-order valence-electron chi connectivity index (χ1n) is 9.83. The standard InChI is InChI=1S/C22H27N3O3/c1-4-11-25(12-5-2)17-7-8-19(22(26)27-6-3)20(14-17)28-18-13-16-9-10-23-21(16)24-15-18/h7-10,13-15H,4-6,11-12H2,1-3H3,(H,23,24). The summed E-state index contributed by atoms with van der Waals surface area (Å²) in [7, 11) is 0. The van der Waals surface area contributed by atoms with Crippen molar-refractivity contribution < 1.29 is 14.3 Å². The Morgan fingerprint density at radius 3 is 2.61 bits per heavy atom. The molecule has 3 rings (SSSR count). The van der Waals surface area contributed by atoms with Crippen LogP contribution in [0.4, 0.5) is 5.69 Å². The van der Waals surface area contributed by atoms with Gasteiger partial charge in [-0.1, -0.05) is 13.8 Å². The van der Waals surface area contributed by atoms with Gasteiger partial charge >= 0.3 is 5.97 Å². The Kier molecular flexibility index (Phi) is 6.53. The largest absolute Gasteiger partial charge is 0.462 e. The maximum atomic E-state index is 12.4. The number of rotatable bonds is 9. The van der Waals surface area contributed by atoms with Gasteiger partial charge < -0.3 is 19.4 Å². The molecule has 2 aromatic heterocycles. The van der Waals surface area contributed by atoms with Gasteiger partial charge in [0.1, 0.15) is 22.7 Å². The zero-order chi connectivity index (χ0) is 19.9. The molecule has 0 saturated heterocycles. The van der Waals surface area contributed by atoms with E-state index in [9.17, 15) is 4.79 Å². The maximum absolute atomic E-state index is 12.4. The van der Waals surface area contributed by atoms with Crippen molar-refractivity contribution in [3.63, 3.8) is 0 Å². The van der Waals surface area contributed by atoms with Crippen molar-refractivity contribution in [3.8, 4) is 11.5 Å². The number of hydrogen-bond acceptors (Lipinski definition) is 5. The smallest absolute Gasteiger partial charge is 0.341 e. The molecule has 0 unspecified atom stereocenters. The third-order valence-corrected chi connectivity index (χ3v) is 4.42. The Labute approximate surface area is 165 Å². The van der Waals surface area contributed by atoms with Gasteiger partial charge in [0, 0.05) is 36.4 Å². The van der Waals surface area contributed by atoms with Crippen molar-refractivity contribution in [1.82, 2.24) is 9.97 Å². The summed E-state index contributed by atoms with van der Waals surface area (Å²) >= 11 is 0. The van der Waals surface area contributed by atoms with Crippen LogP contribution in [-0.2, 0) is 4.74 Å². The van der Waals surface area contributed by atoms with Gasteiger partial charge in [0.15, 0.2) is 0 Å². The van der Waals surface area contributed by atoms with Crippen LogP contribution in [0.1, 0.15) is 44.0 Å². The number of aromatic nitrogens is 2. The third kappa shape index (κ3) is 4.44. The first-order valence-corrected chi connectivity index (χ1v) is 9.83. The predicted octanol–water partition coefficient (Wildman–Crippen LogP) is 5.16. The molecule has 1 N–H and O–H groups in total. The van der Waals surface area contributed by atoms with Gasteiger partial charge in [-0.3, -0.25) is 0 Å². The Morgan fingerprint density at radius 1 is 1.11 bits per heavy atom.